The highest BCUT2D eigenvalue weighted by Crippen LogP contribution is 2.28. The molecule has 1 rings (SSSR count). The van der Waals surface area contributed by atoms with Crippen molar-refractivity contribution in [3.63, 3.8) is 0 Å². The molecule has 5 heteroatoms. The van der Waals surface area contributed by atoms with E-state index in [0.717, 1.165) is 25.1 Å². The topological polar surface area (TPSA) is 62.2 Å². The number of ether oxygens (including phenoxy) is 2. The van der Waals surface area contributed by atoms with Crippen molar-refractivity contribution in [2.45, 2.75) is 19.4 Å². The molecule has 2 N–H and O–H groups in total. The number of methoxy groups -OCH3 is 2. The van der Waals surface area contributed by atoms with E-state index in [4.69, 9.17) is 9.47 Å². The van der Waals surface area contributed by atoms with Crippen molar-refractivity contribution in [2.24, 2.45) is 0 Å². The van der Waals surface area contributed by atoms with Gasteiger partial charge in [0.1, 0.15) is 11.5 Å². The molecule has 1 aromatic carbocycles. The van der Waals surface area contributed by atoms with Crippen LogP contribution in [0.15, 0.2) is 18.2 Å². The van der Waals surface area contributed by atoms with Crippen molar-refractivity contribution in [1.82, 2.24) is 4.90 Å². The highest BCUT2D eigenvalue weighted by molar-refractivity contribution is 5.37. The zero-order chi connectivity index (χ0) is 15.0. The Hall–Kier alpha value is -1.30. The Morgan fingerprint density at radius 3 is 2.15 bits per heavy atom. The van der Waals surface area contributed by atoms with Crippen molar-refractivity contribution in [3.05, 3.63) is 23.8 Å². The van der Waals surface area contributed by atoms with Gasteiger partial charge in [-0.2, -0.15) is 0 Å². The Kier molecular flexibility index (Phi) is 7.36. The van der Waals surface area contributed by atoms with Gasteiger partial charge < -0.3 is 19.7 Å². The fourth-order valence-electron chi connectivity index (χ4n) is 2.19. The van der Waals surface area contributed by atoms with Gasteiger partial charge in [0.05, 0.1) is 6.61 Å². The maximum atomic E-state index is 9.59. The Labute approximate surface area is 120 Å². The first-order valence-electron chi connectivity index (χ1n) is 6.83. The van der Waals surface area contributed by atoms with E-state index in [0.29, 0.717) is 13.2 Å². The van der Waals surface area contributed by atoms with E-state index in [9.17, 15) is 10.2 Å². The molecule has 5 nitrogen and oxygen atoms in total. The SMILES string of the molecule is COCCCN(CCOC)C(C)c1cc(O)cc(O)c1. The summed E-state index contributed by atoms with van der Waals surface area (Å²) in [6.45, 7) is 5.06. The number of nitrogens with zero attached hydrogens (tertiary/aromatic N) is 1. The first-order valence-corrected chi connectivity index (χ1v) is 6.83. The number of aromatic hydroxyl groups is 2. The van der Waals surface area contributed by atoms with E-state index in [-0.39, 0.29) is 17.5 Å². The lowest BCUT2D eigenvalue weighted by atomic mass is 10.1. The average molecular weight is 283 g/mol. The largest absolute Gasteiger partial charge is 0.508 e. The zero-order valence-corrected chi connectivity index (χ0v) is 12.5. The van der Waals surface area contributed by atoms with Crippen LogP contribution in [0.4, 0.5) is 0 Å². The molecule has 1 atom stereocenters. The molecule has 1 unspecified atom stereocenters. The minimum absolute atomic E-state index is 0.0791. The number of phenolic OH excluding ortho intramolecular Hbond substituents is 2. The lowest BCUT2D eigenvalue weighted by Gasteiger charge is -2.29. The summed E-state index contributed by atoms with van der Waals surface area (Å²) in [5.41, 5.74) is 0.885. The number of phenols is 2. The van der Waals surface area contributed by atoms with Crippen molar-refractivity contribution in [3.8, 4) is 11.5 Å². The van der Waals surface area contributed by atoms with Crippen LogP contribution >= 0.6 is 0 Å². The Balaban J connectivity index is 2.76. The van der Waals surface area contributed by atoms with Crippen molar-refractivity contribution < 1.29 is 19.7 Å². The van der Waals surface area contributed by atoms with Crippen LogP contribution in [0.1, 0.15) is 24.9 Å². The van der Waals surface area contributed by atoms with E-state index in [1.165, 1.54) is 6.07 Å². The molecule has 0 aliphatic rings. The molecule has 0 aliphatic heterocycles. The third-order valence-electron chi connectivity index (χ3n) is 3.33. The molecule has 0 saturated heterocycles. The summed E-state index contributed by atoms with van der Waals surface area (Å²) in [7, 11) is 3.37. The summed E-state index contributed by atoms with van der Waals surface area (Å²) in [6, 6.07) is 4.78. The third kappa shape index (κ3) is 5.36. The van der Waals surface area contributed by atoms with Crippen LogP contribution < -0.4 is 0 Å². The van der Waals surface area contributed by atoms with Crippen LogP contribution in [0.3, 0.4) is 0 Å². The minimum atomic E-state index is 0.0791. The standard InChI is InChI=1S/C15H25NO4/c1-12(13-9-14(17)11-15(18)10-13)16(6-8-20-3)5-4-7-19-2/h9-12,17-18H,4-8H2,1-3H3. The molecule has 0 fully saturated rings. The smallest absolute Gasteiger partial charge is 0.119 e. The van der Waals surface area contributed by atoms with E-state index in [1.807, 2.05) is 0 Å². The predicted molar refractivity (Wildman–Crippen MR) is 78.1 cm³/mol. The quantitative estimate of drug-likeness (QED) is 0.680. The molecule has 20 heavy (non-hydrogen) atoms. The molecular formula is C15H25NO4. The molecule has 114 valence electrons. The van der Waals surface area contributed by atoms with Gasteiger partial charge in [0, 0.05) is 46.0 Å². The summed E-state index contributed by atoms with van der Waals surface area (Å²) in [4.78, 5) is 2.25. The maximum absolute atomic E-state index is 9.59. The van der Waals surface area contributed by atoms with Crippen molar-refractivity contribution >= 4 is 0 Å². The molecular weight excluding hydrogens is 258 g/mol. The van der Waals surface area contributed by atoms with Gasteiger partial charge in [-0.3, -0.25) is 4.90 Å². The number of hydrogen-bond acceptors (Lipinski definition) is 5. The fraction of sp³-hybridized carbons (Fsp3) is 0.600. The molecule has 0 bridgehead atoms. The molecule has 0 radical (unpaired) electrons. The first kappa shape index (κ1) is 16.8. The second kappa shape index (κ2) is 8.79. The molecule has 0 spiro atoms. The van der Waals surface area contributed by atoms with Crippen LogP contribution in [0.5, 0.6) is 11.5 Å². The van der Waals surface area contributed by atoms with Crippen LogP contribution in [-0.4, -0.2) is 55.6 Å². The molecule has 1 aromatic rings. The van der Waals surface area contributed by atoms with Gasteiger partial charge in [0.2, 0.25) is 0 Å². The molecule has 0 aliphatic carbocycles. The summed E-state index contributed by atoms with van der Waals surface area (Å²) in [5, 5.41) is 19.2. The normalized spacial score (nSPS) is 12.8. The van der Waals surface area contributed by atoms with Crippen molar-refractivity contribution in [2.75, 3.05) is 40.5 Å². The molecule has 0 saturated carbocycles. The number of hydrogen-bond donors (Lipinski definition) is 2. The third-order valence-corrected chi connectivity index (χ3v) is 3.33. The average Bonchev–Trinajstić information content (AvgIpc) is 2.41. The van der Waals surface area contributed by atoms with Gasteiger partial charge in [0.25, 0.3) is 0 Å². The van der Waals surface area contributed by atoms with Crippen LogP contribution in [-0.2, 0) is 9.47 Å². The predicted octanol–water partition coefficient (Wildman–Crippen LogP) is 2.14. The lowest BCUT2D eigenvalue weighted by molar-refractivity contribution is 0.111. The Morgan fingerprint density at radius 1 is 1.00 bits per heavy atom. The zero-order valence-electron chi connectivity index (χ0n) is 12.5. The van der Waals surface area contributed by atoms with E-state index in [1.54, 1.807) is 26.4 Å². The van der Waals surface area contributed by atoms with E-state index in [2.05, 4.69) is 11.8 Å². The minimum Gasteiger partial charge on any atom is -0.508 e. The number of benzene rings is 1. The Bertz CT molecular complexity index is 377. The van der Waals surface area contributed by atoms with Gasteiger partial charge in [-0.25, -0.2) is 0 Å². The summed E-state index contributed by atoms with van der Waals surface area (Å²) in [5.74, 6) is 0.158. The van der Waals surface area contributed by atoms with Crippen LogP contribution in [0, 0.1) is 0 Å². The van der Waals surface area contributed by atoms with Gasteiger partial charge in [-0.15, -0.1) is 0 Å². The summed E-state index contributed by atoms with van der Waals surface area (Å²) in [6.07, 6.45) is 0.926. The highest BCUT2D eigenvalue weighted by atomic mass is 16.5. The van der Waals surface area contributed by atoms with Crippen LogP contribution in [0.2, 0.25) is 0 Å². The monoisotopic (exact) mass is 283 g/mol. The van der Waals surface area contributed by atoms with Gasteiger partial charge in [0.15, 0.2) is 0 Å². The highest BCUT2D eigenvalue weighted by Gasteiger charge is 2.16. The van der Waals surface area contributed by atoms with E-state index < -0.39 is 0 Å². The second-order valence-corrected chi connectivity index (χ2v) is 4.83. The van der Waals surface area contributed by atoms with Crippen LogP contribution in [0.25, 0.3) is 0 Å². The van der Waals surface area contributed by atoms with Gasteiger partial charge in [-0.05, 0) is 31.0 Å². The summed E-state index contributed by atoms with van der Waals surface area (Å²) < 4.78 is 10.2. The van der Waals surface area contributed by atoms with E-state index >= 15 is 0 Å². The second-order valence-electron chi connectivity index (χ2n) is 4.83. The maximum Gasteiger partial charge on any atom is 0.119 e. The summed E-state index contributed by atoms with van der Waals surface area (Å²) >= 11 is 0. The Morgan fingerprint density at radius 2 is 1.60 bits per heavy atom. The fourth-order valence-corrected chi connectivity index (χ4v) is 2.19. The lowest BCUT2D eigenvalue weighted by Crippen LogP contribution is -2.32. The molecule has 0 heterocycles. The van der Waals surface area contributed by atoms with Crippen molar-refractivity contribution in [1.29, 1.82) is 0 Å². The number of rotatable bonds is 9. The van der Waals surface area contributed by atoms with Gasteiger partial charge in [-0.1, -0.05) is 0 Å². The molecule has 0 aromatic heterocycles. The van der Waals surface area contributed by atoms with Gasteiger partial charge >= 0.3 is 0 Å². The molecule has 0 amide bonds. The first-order chi connectivity index (χ1) is 9.58.